The minimum atomic E-state index is -0.558. The Morgan fingerprint density at radius 1 is 1.63 bits per heavy atom. The number of aromatic nitrogens is 2. The van der Waals surface area contributed by atoms with Gasteiger partial charge in [0.05, 0.1) is 18.3 Å². The fourth-order valence-corrected chi connectivity index (χ4v) is 2.39. The topological polar surface area (TPSA) is 93.4 Å². The van der Waals surface area contributed by atoms with E-state index in [1.165, 1.54) is 0 Å². The standard InChI is InChI=1S/C11H17N5O2S/c1-16-5-2-3-8(7-16)9-10(15-19-14-9)18-6-4-13-11(12)17/h3H,2,4-7H2,1H3,(H3,12,13,17). The van der Waals surface area contributed by atoms with Crippen LogP contribution in [0.25, 0.3) is 5.57 Å². The second-order valence-electron chi connectivity index (χ2n) is 4.31. The molecular weight excluding hydrogens is 266 g/mol. The number of amides is 2. The molecule has 1 aromatic rings. The van der Waals surface area contributed by atoms with Crippen LogP contribution in [0, 0.1) is 0 Å². The maximum Gasteiger partial charge on any atom is 0.312 e. The van der Waals surface area contributed by atoms with Gasteiger partial charge in [-0.2, -0.15) is 4.37 Å². The van der Waals surface area contributed by atoms with Gasteiger partial charge in [-0.25, -0.2) is 4.79 Å². The maximum absolute atomic E-state index is 10.5. The molecular formula is C11H17N5O2S. The molecule has 0 aromatic carbocycles. The number of nitrogens with zero attached hydrogens (tertiary/aromatic N) is 3. The van der Waals surface area contributed by atoms with Crippen molar-refractivity contribution in [2.45, 2.75) is 6.42 Å². The Morgan fingerprint density at radius 3 is 3.21 bits per heavy atom. The Kier molecular flexibility index (Phi) is 4.69. The minimum Gasteiger partial charge on any atom is -0.474 e. The second kappa shape index (κ2) is 6.48. The summed E-state index contributed by atoms with van der Waals surface area (Å²) in [6.45, 7) is 2.58. The van der Waals surface area contributed by atoms with Crippen molar-refractivity contribution in [2.24, 2.45) is 5.73 Å². The molecule has 0 unspecified atom stereocenters. The average Bonchev–Trinajstić information content (AvgIpc) is 2.83. The molecule has 3 N–H and O–H groups in total. The monoisotopic (exact) mass is 283 g/mol. The Morgan fingerprint density at radius 2 is 2.47 bits per heavy atom. The summed E-state index contributed by atoms with van der Waals surface area (Å²) in [5.41, 5.74) is 6.91. The van der Waals surface area contributed by atoms with Crippen LogP contribution in [-0.2, 0) is 0 Å². The molecule has 1 aliphatic heterocycles. The summed E-state index contributed by atoms with van der Waals surface area (Å²) in [4.78, 5) is 12.8. The van der Waals surface area contributed by atoms with Crippen LogP contribution in [0.15, 0.2) is 6.08 Å². The quantitative estimate of drug-likeness (QED) is 0.758. The first kappa shape index (κ1) is 13.8. The van der Waals surface area contributed by atoms with Crippen molar-refractivity contribution in [3.63, 3.8) is 0 Å². The highest BCUT2D eigenvalue weighted by Gasteiger charge is 2.18. The lowest BCUT2D eigenvalue weighted by atomic mass is 10.1. The van der Waals surface area contributed by atoms with E-state index in [4.69, 9.17) is 10.5 Å². The number of carbonyl (C=O) groups excluding carboxylic acids is 1. The molecule has 0 radical (unpaired) electrons. The van der Waals surface area contributed by atoms with E-state index in [1.807, 2.05) is 0 Å². The molecule has 0 atom stereocenters. The lowest BCUT2D eigenvalue weighted by Gasteiger charge is -2.22. The van der Waals surface area contributed by atoms with Crippen molar-refractivity contribution in [1.29, 1.82) is 0 Å². The Bertz CT molecular complexity index is 473. The zero-order valence-electron chi connectivity index (χ0n) is 10.8. The Hall–Kier alpha value is -1.67. The summed E-state index contributed by atoms with van der Waals surface area (Å²) in [6, 6.07) is -0.558. The van der Waals surface area contributed by atoms with Crippen LogP contribution >= 0.6 is 11.7 Å². The number of rotatable bonds is 5. The van der Waals surface area contributed by atoms with Gasteiger partial charge in [0.25, 0.3) is 5.88 Å². The van der Waals surface area contributed by atoms with Crippen LogP contribution in [0.4, 0.5) is 4.79 Å². The zero-order valence-corrected chi connectivity index (χ0v) is 11.6. The van der Waals surface area contributed by atoms with Crippen LogP contribution in [-0.4, -0.2) is 53.0 Å². The lowest BCUT2D eigenvalue weighted by molar-refractivity contribution is 0.243. The zero-order chi connectivity index (χ0) is 13.7. The van der Waals surface area contributed by atoms with Gasteiger partial charge >= 0.3 is 6.03 Å². The van der Waals surface area contributed by atoms with Gasteiger partial charge in [-0.05, 0) is 19.0 Å². The number of primary amides is 1. The average molecular weight is 283 g/mol. The van der Waals surface area contributed by atoms with E-state index in [0.29, 0.717) is 19.0 Å². The maximum atomic E-state index is 10.5. The molecule has 2 rings (SSSR count). The number of hydrogen-bond acceptors (Lipinski definition) is 6. The van der Waals surface area contributed by atoms with Crippen molar-refractivity contribution in [3.8, 4) is 5.88 Å². The fraction of sp³-hybridized carbons (Fsp3) is 0.545. The van der Waals surface area contributed by atoms with Crippen LogP contribution in [0.3, 0.4) is 0 Å². The Labute approximate surface area is 115 Å². The van der Waals surface area contributed by atoms with Crippen molar-refractivity contribution >= 4 is 23.3 Å². The molecule has 7 nitrogen and oxygen atoms in total. The summed E-state index contributed by atoms with van der Waals surface area (Å²) in [7, 11) is 2.07. The summed E-state index contributed by atoms with van der Waals surface area (Å²) in [6.07, 6.45) is 3.18. The van der Waals surface area contributed by atoms with Crippen molar-refractivity contribution in [1.82, 2.24) is 19.0 Å². The molecule has 1 aliphatic rings. The lowest BCUT2D eigenvalue weighted by Crippen LogP contribution is -2.32. The molecule has 104 valence electrons. The summed E-state index contributed by atoms with van der Waals surface area (Å²) in [5.74, 6) is 0.526. The highest BCUT2D eigenvalue weighted by Crippen LogP contribution is 2.26. The molecule has 0 bridgehead atoms. The number of nitrogens with two attached hydrogens (primary N) is 1. The molecule has 0 saturated carbocycles. The first-order chi connectivity index (χ1) is 9.16. The van der Waals surface area contributed by atoms with Gasteiger partial charge < -0.3 is 20.7 Å². The van der Waals surface area contributed by atoms with Crippen molar-refractivity contribution in [3.05, 3.63) is 11.8 Å². The number of carbonyl (C=O) groups is 1. The Balaban J connectivity index is 1.94. The largest absolute Gasteiger partial charge is 0.474 e. The van der Waals surface area contributed by atoms with Crippen LogP contribution < -0.4 is 15.8 Å². The molecule has 0 saturated heterocycles. The van der Waals surface area contributed by atoms with Gasteiger partial charge in [-0.15, -0.1) is 4.37 Å². The third-order valence-corrected chi connectivity index (χ3v) is 3.26. The van der Waals surface area contributed by atoms with E-state index in [0.717, 1.165) is 42.5 Å². The van der Waals surface area contributed by atoms with Gasteiger partial charge in [0.2, 0.25) is 0 Å². The van der Waals surface area contributed by atoms with E-state index >= 15 is 0 Å². The molecule has 0 spiro atoms. The van der Waals surface area contributed by atoms with E-state index < -0.39 is 6.03 Å². The molecule has 2 heterocycles. The second-order valence-corrected chi connectivity index (χ2v) is 4.84. The molecule has 1 aromatic heterocycles. The number of nitrogens with one attached hydrogen (secondary N) is 1. The number of ether oxygens (including phenoxy) is 1. The van der Waals surface area contributed by atoms with Crippen LogP contribution in [0.5, 0.6) is 5.88 Å². The smallest absolute Gasteiger partial charge is 0.312 e. The molecule has 0 aliphatic carbocycles. The summed E-state index contributed by atoms with van der Waals surface area (Å²) in [5, 5.41) is 2.46. The first-order valence-electron chi connectivity index (χ1n) is 6.03. The predicted octanol–water partition coefficient (Wildman–Crippen LogP) is 0.304. The number of likely N-dealkylation sites (N-methyl/N-ethyl adjacent to an activating group) is 1. The minimum absolute atomic E-state index is 0.324. The molecule has 2 amide bonds. The first-order valence-corrected chi connectivity index (χ1v) is 6.76. The fourth-order valence-electron chi connectivity index (χ4n) is 1.86. The molecule has 8 heteroatoms. The van der Waals surface area contributed by atoms with Crippen molar-refractivity contribution < 1.29 is 9.53 Å². The van der Waals surface area contributed by atoms with Gasteiger partial charge in [0.1, 0.15) is 12.3 Å². The SMILES string of the molecule is CN1CCC=C(c2nsnc2OCCNC(N)=O)C1. The third kappa shape index (κ3) is 3.90. The third-order valence-electron chi connectivity index (χ3n) is 2.74. The van der Waals surface area contributed by atoms with E-state index in [-0.39, 0.29) is 0 Å². The highest BCUT2D eigenvalue weighted by molar-refractivity contribution is 6.99. The number of hydrogen-bond donors (Lipinski definition) is 2. The molecule has 19 heavy (non-hydrogen) atoms. The van der Waals surface area contributed by atoms with Crippen molar-refractivity contribution in [2.75, 3.05) is 33.3 Å². The highest BCUT2D eigenvalue weighted by atomic mass is 32.1. The van der Waals surface area contributed by atoms with Crippen LogP contribution in [0.2, 0.25) is 0 Å². The summed E-state index contributed by atoms with van der Waals surface area (Å²) >= 11 is 1.13. The van der Waals surface area contributed by atoms with Gasteiger partial charge in [0, 0.05) is 13.1 Å². The molecule has 0 fully saturated rings. The van der Waals surface area contributed by atoms with E-state index in [1.54, 1.807) is 0 Å². The van der Waals surface area contributed by atoms with E-state index in [9.17, 15) is 4.79 Å². The van der Waals surface area contributed by atoms with E-state index in [2.05, 4.69) is 32.1 Å². The normalized spacial score (nSPS) is 15.9. The number of urea groups is 1. The van der Waals surface area contributed by atoms with Crippen LogP contribution in [0.1, 0.15) is 12.1 Å². The summed E-state index contributed by atoms with van der Waals surface area (Å²) < 4.78 is 13.9. The van der Waals surface area contributed by atoms with Gasteiger partial charge in [-0.3, -0.25) is 0 Å². The van der Waals surface area contributed by atoms with Gasteiger partial charge in [0.15, 0.2) is 0 Å². The van der Waals surface area contributed by atoms with Gasteiger partial charge in [-0.1, -0.05) is 6.08 Å². The predicted molar refractivity (Wildman–Crippen MR) is 73.1 cm³/mol.